The Morgan fingerprint density at radius 1 is 1.38 bits per heavy atom. The summed E-state index contributed by atoms with van der Waals surface area (Å²) < 4.78 is 5.39. The number of guanidine groups is 1. The number of rotatable bonds is 6. The van der Waals surface area contributed by atoms with Crippen molar-refractivity contribution < 1.29 is 4.42 Å². The Hall–Kier alpha value is -1.82. The van der Waals surface area contributed by atoms with Gasteiger partial charge in [0.15, 0.2) is 5.96 Å². The highest BCUT2D eigenvalue weighted by molar-refractivity contribution is 7.11. The second kappa shape index (κ2) is 8.33. The third-order valence-corrected chi connectivity index (χ3v) is 5.44. The van der Waals surface area contributed by atoms with Gasteiger partial charge in [-0.1, -0.05) is 12.8 Å². The number of aryl methyl sites for hydroxylation is 2. The summed E-state index contributed by atoms with van der Waals surface area (Å²) in [7, 11) is 0. The van der Waals surface area contributed by atoms with Gasteiger partial charge >= 0.3 is 0 Å². The first-order chi connectivity index (χ1) is 11.7. The summed E-state index contributed by atoms with van der Waals surface area (Å²) in [5, 5.41) is 8.08. The SMILES string of the molecule is Cc1nc(CN=C(NCCc2ccco2)NC2CCCC2)sc1C. The molecule has 130 valence electrons. The van der Waals surface area contributed by atoms with Crippen LogP contribution in [0.1, 0.15) is 47.0 Å². The molecule has 2 heterocycles. The first-order valence-electron chi connectivity index (χ1n) is 8.71. The lowest BCUT2D eigenvalue weighted by Gasteiger charge is -2.17. The lowest BCUT2D eigenvalue weighted by molar-refractivity contribution is 0.506. The van der Waals surface area contributed by atoms with Crippen molar-refractivity contribution in [2.24, 2.45) is 4.99 Å². The smallest absolute Gasteiger partial charge is 0.191 e. The molecular formula is C18H26N4OS. The van der Waals surface area contributed by atoms with Crippen molar-refractivity contribution >= 4 is 17.3 Å². The van der Waals surface area contributed by atoms with E-state index in [9.17, 15) is 0 Å². The number of hydrogen-bond acceptors (Lipinski definition) is 4. The van der Waals surface area contributed by atoms with Crippen LogP contribution in [0, 0.1) is 13.8 Å². The van der Waals surface area contributed by atoms with Crippen LogP contribution in [0.25, 0.3) is 0 Å². The van der Waals surface area contributed by atoms with Gasteiger partial charge < -0.3 is 15.1 Å². The highest BCUT2D eigenvalue weighted by atomic mass is 32.1. The number of hydrogen-bond donors (Lipinski definition) is 2. The van der Waals surface area contributed by atoms with Crippen LogP contribution < -0.4 is 10.6 Å². The quantitative estimate of drug-likeness (QED) is 0.620. The van der Waals surface area contributed by atoms with Crippen molar-refractivity contribution in [3.63, 3.8) is 0 Å². The predicted molar refractivity (Wildman–Crippen MR) is 98.5 cm³/mol. The fourth-order valence-corrected chi connectivity index (χ4v) is 3.79. The Morgan fingerprint density at radius 2 is 2.21 bits per heavy atom. The van der Waals surface area contributed by atoms with E-state index in [0.29, 0.717) is 12.6 Å². The summed E-state index contributed by atoms with van der Waals surface area (Å²) in [5.41, 5.74) is 1.11. The topological polar surface area (TPSA) is 62.5 Å². The first-order valence-corrected chi connectivity index (χ1v) is 9.52. The first kappa shape index (κ1) is 17.0. The minimum atomic E-state index is 0.541. The van der Waals surface area contributed by atoms with Crippen LogP contribution in [0.5, 0.6) is 0 Å². The Bertz CT molecular complexity index is 637. The molecule has 0 atom stereocenters. The molecule has 5 nitrogen and oxygen atoms in total. The summed E-state index contributed by atoms with van der Waals surface area (Å²) in [6.07, 6.45) is 7.65. The molecule has 2 aromatic heterocycles. The number of nitrogens with zero attached hydrogens (tertiary/aromatic N) is 2. The minimum absolute atomic E-state index is 0.541. The third kappa shape index (κ3) is 4.84. The van der Waals surface area contributed by atoms with E-state index in [4.69, 9.17) is 9.41 Å². The number of thiazole rings is 1. The molecule has 6 heteroatoms. The molecule has 0 spiro atoms. The van der Waals surface area contributed by atoms with Crippen molar-refractivity contribution in [1.82, 2.24) is 15.6 Å². The normalized spacial score (nSPS) is 15.8. The molecule has 1 aliphatic carbocycles. The number of furan rings is 1. The Labute approximate surface area is 147 Å². The van der Waals surface area contributed by atoms with E-state index in [2.05, 4.69) is 29.5 Å². The van der Waals surface area contributed by atoms with Crippen LogP contribution in [-0.4, -0.2) is 23.5 Å². The third-order valence-electron chi connectivity index (χ3n) is 4.39. The van der Waals surface area contributed by atoms with Gasteiger partial charge in [-0.3, -0.25) is 0 Å². The van der Waals surface area contributed by atoms with E-state index in [1.807, 2.05) is 12.1 Å². The van der Waals surface area contributed by atoms with Gasteiger partial charge in [0, 0.05) is 23.9 Å². The van der Waals surface area contributed by atoms with Gasteiger partial charge in [0.05, 0.1) is 18.5 Å². The van der Waals surface area contributed by atoms with Crippen LogP contribution in [-0.2, 0) is 13.0 Å². The summed E-state index contributed by atoms with van der Waals surface area (Å²) in [5.74, 6) is 1.88. The van der Waals surface area contributed by atoms with Gasteiger partial charge in [-0.25, -0.2) is 9.98 Å². The van der Waals surface area contributed by atoms with Crippen molar-refractivity contribution in [2.45, 2.75) is 58.5 Å². The monoisotopic (exact) mass is 346 g/mol. The van der Waals surface area contributed by atoms with Crippen molar-refractivity contribution in [3.8, 4) is 0 Å². The van der Waals surface area contributed by atoms with Crippen LogP contribution in [0.15, 0.2) is 27.8 Å². The van der Waals surface area contributed by atoms with Crippen molar-refractivity contribution in [1.29, 1.82) is 0 Å². The summed E-state index contributed by atoms with van der Waals surface area (Å²) >= 11 is 1.73. The molecule has 3 rings (SSSR count). The van der Waals surface area contributed by atoms with Crippen LogP contribution in [0.2, 0.25) is 0 Å². The molecule has 1 fully saturated rings. The Balaban J connectivity index is 1.58. The maximum absolute atomic E-state index is 5.39. The molecule has 2 aromatic rings. The summed E-state index contributed by atoms with van der Waals surface area (Å²) in [6, 6.07) is 4.47. The van der Waals surface area contributed by atoms with E-state index >= 15 is 0 Å². The van der Waals surface area contributed by atoms with Gasteiger partial charge in [-0.05, 0) is 38.8 Å². The fraction of sp³-hybridized carbons (Fsp3) is 0.556. The van der Waals surface area contributed by atoms with Crippen molar-refractivity contribution in [2.75, 3.05) is 6.54 Å². The molecule has 0 bridgehead atoms. The van der Waals surface area contributed by atoms with E-state index in [1.165, 1.54) is 30.6 Å². The number of aromatic nitrogens is 1. The summed E-state index contributed by atoms with van der Waals surface area (Å²) in [6.45, 7) is 5.60. The zero-order chi connectivity index (χ0) is 16.8. The van der Waals surface area contributed by atoms with Gasteiger partial charge in [-0.15, -0.1) is 11.3 Å². The lowest BCUT2D eigenvalue weighted by Crippen LogP contribution is -2.43. The molecule has 0 aliphatic heterocycles. The van der Waals surface area contributed by atoms with Gasteiger partial charge in [0.25, 0.3) is 0 Å². The maximum Gasteiger partial charge on any atom is 0.191 e. The average Bonchev–Trinajstić information content (AvgIpc) is 3.29. The van der Waals surface area contributed by atoms with Gasteiger partial charge in [0.2, 0.25) is 0 Å². The number of nitrogens with one attached hydrogen (secondary N) is 2. The Morgan fingerprint density at radius 3 is 2.88 bits per heavy atom. The molecule has 0 radical (unpaired) electrons. The molecule has 1 aliphatic rings. The van der Waals surface area contributed by atoms with Gasteiger partial charge in [0.1, 0.15) is 10.8 Å². The van der Waals surface area contributed by atoms with E-state index < -0.39 is 0 Å². The molecule has 0 aromatic carbocycles. The fourth-order valence-electron chi connectivity index (χ4n) is 2.93. The molecule has 0 amide bonds. The Kier molecular flexibility index (Phi) is 5.91. The van der Waals surface area contributed by atoms with Crippen molar-refractivity contribution in [3.05, 3.63) is 39.7 Å². The predicted octanol–water partition coefficient (Wildman–Crippen LogP) is 3.57. The van der Waals surface area contributed by atoms with E-state index in [-0.39, 0.29) is 0 Å². The van der Waals surface area contributed by atoms with E-state index in [0.717, 1.165) is 35.4 Å². The van der Waals surface area contributed by atoms with Crippen LogP contribution in [0.4, 0.5) is 0 Å². The minimum Gasteiger partial charge on any atom is -0.469 e. The largest absolute Gasteiger partial charge is 0.469 e. The zero-order valence-corrected chi connectivity index (χ0v) is 15.3. The second-order valence-corrected chi connectivity index (χ2v) is 7.58. The highest BCUT2D eigenvalue weighted by Crippen LogP contribution is 2.18. The lowest BCUT2D eigenvalue weighted by atomic mass is 10.2. The molecule has 2 N–H and O–H groups in total. The number of aliphatic imine (C=N–C) groups is 1. The molecule has 1 saturated carbocycles. The maximum atomic E-state index is 5.39. The van der Waals surface area contributed by atoms with Crippen LogP contribution >= 0.6 is 11.3 Å². The molecule has 0 saturated heterocycles. The highest BCUT2D eigenvalue weighted by Gasteiger charge is 2.16. The van der Waals surface area contributed by atoms with Gasteiger partial charge in [-0.2, -0.15) is 0 Å². The molecule has 0 unspecified atom stereocenters. The second-order valence-electron chi connectivity index (χ2n) is 6.30. The summed E-state index contributed by atoms with van der Waals surface area (Å²) in [4.78, 5) is 10.6. The molecular weight excluding hydrogens is 320 g/mol. The average molecular weight is 347 g/mol. The van der Waals surface area contributed by atoms with E-state index in [1.54, 1.807) is 17.6 Å². The zero-order valence-electron chi connectivity index (χ0n) is 14.5. The van der Waals surface area contributed by atoms with Crippen LogP contribution in [0.3, 0.4) is 0 Å². The standard InChI is InChI=1S/C18H26N4OS/c1-13-14(2)24-17(21-13)12-20-18(22-15-6-3-4-7-15)19-10-9-16-8-5-11-23-16/h5,8,11,15H,3-4,6-7,9-10,12H2,1-2H3,(H2,19,20,22). The molecule has 24 heavy (non-hydrogen) atoms.